The van der Waals surface area contributed by atoms with E-state index in [2.05, 4.69) is 5.32 Å². The molecule has 3 atom stereocenters. The number of carbonyl (C=O) groups excluding carboxylic acids is 2. The summed E-state index contributed by atoms with van der Waals surface area (Å²) >= 11 is 0. The molecule has 0 aromatic carbocycles. The summed E-state index contributed by atoms with van der Waals surface area (Å²) in [6.07, 6.45) is 4.21. The van der Waals surface area contributed by atoms with Crippen molar-refractivity contribution < 1.29 is 14.3 Å². The zero-order chi connectivity index (χ0) is 14.3. The van der Waals surface area contributed by atoms with Crippen LogP contribution in [-0.4, -0.2) is 48.1 Å². The fraction of sp³-hybridized carbons (Fsp3) is 0.867. The first-order valence-corrected chi connectivity index (χ1v) is 7.73. The summed E-state index contributed by atoms with van der Waals surface area (Å²) in [5.41, 5.74) is -0.681. The van der Waals surface area contributed by atoms with E-state index in [0.717, 1.165) is 32.3 Å². The molecule has 0 spiro atoms. The van der Waals surface area contributed by atoms with Gasteiger partial charge in [-0.25, -0.2) is 0 Å². The third-order valence-corrected chi connectivity index (χ3v) is 5.04. The summed E-state index contributed by atoms with van der Waals surface area (Å²) in [6.45, 7) is 5.89. The Kier molecular flexibility index (Phi) is 3.48. The van der Waals surface area contributed by atoms with Gasteiger partial charge in [0.2, 0.25) is 11.8 Å². The van der Waals surface area contributed by atoms with Gasteiger partial charge in [-0.2, -0.15) is 0 Å². The van der Waals surface area contributed by atoms with Crippen LogP contribution in [0.15, 0.2) is 0 Å². The monoisotopic (exact) mass is 280 g/mol. The summed E-state index contributed by atoms with van der Waals surface area (Å²) in [5.74, 6) is 0.759. The van der Waals surface area contributed by atoms with E-state index in [1.807, 2.05) is 13.8 Å². The number of amides is 2. The van der Waals surface area contributed by atoms with Gasteiger partial charge in [0.25, 0.3) is 0 Å². The van der Waals surface area contributed by atoms with Crippen LogP contribution in [0.25, 0.3) is 0 Å². The highest BCUT2D eigenvalue weighted by molar-refractivity contribution is 5.99. The minimum absolute atomic E-state index is 0.0178. The Balaban J connectivity index is 1.75. The van der Waals surface area contributed by atoms with Gasteiger partial charge in [-0.05, 0) is 51.4 Å². The molecule has 1 aliphatic carbocycles. The average Bonchev–Trinajstić information content (AvgIpc) is 3.27. The SMILES string of the molecule is CC1C(=O)NC(C)(C2CC2)C(=O)N1CC1CCCOC1. The Hall–Kier alpha value is -1.10. The van der Waals surface area contributed by atoms with Crippen molar-refractivity contribution in [3.05, 3.63) is 0 Å². The average molecular weight is 280 g/mol. The number of nitrogens with one attached hydrogen (secondary N) is 1. The fourth-order valence-electron chi connectivity index (χ4n) is 3.44. The van der Waals surface area contributed by atoms with Gasteiger partial charge in [0.15, 0.2) is 0 Å². The summed E-state index contributed by atoms with van der Waals surface area (Å²) in [6, 6.07) is -0.365. The van der Waals surface area contributed by atoms with Gasteiger partial charge in [-0.3, -0.25) is 9.59 Å². The van der Waals surface area contributed by atoms with Crippen molar-refractivity contribution >= 4 is 11.8 Å². The first kappa shape index (κ1) is 13.9. The minimum Gasteiger partial charge on any atom is -0.381 e. The van der Waals surface area contributed by atoms with Gasteiger partial charge in [0.1, 0.15) is 11.6 Å². The van der Waals surface area contributed by atoms with Crippen LogP contribution in [0.1, 0.15) is 39.5 Å². The van der Waals surface area contributed by atoms with E-state index < -0.39 is 5.54 Å². The fourth-order valence-corrected chi connectivity index (χ4v) is 3.44. The maximum Gasteiger partial charge on any atom is 0.249 e. The van der Waals surface area contributed by atoms with E-state index in [1.165, 1.54) is 0 Å². The molecule has 2 aliphatic heterocycles. The number of piperazine rings is 1. The highest BCUT2D eigenvalue weighted by Gasteiger charge is 2.54. The number of rotatable bonds is 3. The predicted octanol–water partition coefficient (Wildman–Crippen LogP) is 0.929. The van der Waals surface area contributed by atoms with E-state index in [0.29, 0.717) is 25.0 Å². The van der Waals surface area contributed by atoms with Crippen molar-refractivity contribution in [1.82, 2.24) is 10.2 Å². The smallest absolute Gasteiger partial charge is 0.249 e. The van der Waals surface area contributed by atoms with Gasteiger partial charge in [-0.15, -0.1) is 0 Å². The maximum absolute atomic E-state index is 12.8. The molecule has 1 saturated carbocycles. The predicted molar refractivity (Wildman–Crippen MR) is 74.0 cm³/mol. The first-order chi connectivity index (χ1) is 9.52. The molecule has 0 aromatic rings. The number of ether oxygens (including phenoxy) is 1. The van der Waals surface area contributed by atoms with Gasteiger partial charge >= 0.3 is 0 Å². The quantitative estimate of drug-likeness (QED) is 0.836. The van der Waals surface area contributed by atoms with Crippen LogP contribution in [0.4, 0.5) is 0 Å². The summed E-state index contributed by atoms with van der Waals surface area (Å²) in [7, 11) is 0. The van der Waals surface area contributed by atoms with Gasteiger partial charge in [-0.1, -0.05) is 0 Å². The molecule has 5 heteroatoms. The number of hydrogen-bond acceptors (Lipinski definition) is 3. The van der Waals surface area contributed by atoms with E-state index in [9.17, 15) is 9.59 Å². The number of carbonyl (C=O) groups is 2. The molecule has 2 amide bonds. The van der Waals surface area contributed by atoms with Crippen molar-refractivity contribution in [1.29, 1.82) is 0 Å². The summed E-state index contributed by atoms with van der Waals surface area (Å²) in [5, 5.41) is 2.96. The molecule has 1 N–H and O–H groups in total. The molecule has 3 aliphatic rings. The second-order valence-electron chi connectivity index (χ2n) is 6.68. The van der Waals surface area contributed by atoms with Gasteiger partial charge in [0, 0.05) is 13.2 Å². The molecule has 3 unspecified atom stereocenters. The lowest BCUT2D eigenvalue weighted by Crippen LogP contribution is -2.70. The van der Waals surface area contributed by atoms with Crippen LogP contribution in [0, 0.1) is 11.8 Å². The van der Waals surface area contributed by atoms with Crippen molar-refractivity contribution in [3.63, 3.8) is 0 Å². The molecule has 20 heavy (non-hydrogen) atoms. The molecule has 0 bridgehead atoms. The van der Waals surface area contributed by atoms with E-state index in [4.69, 9.17) is 4.74 Å². The van der Waals surface area contributed by atoms with Crippen LogP contribution >= 0.6 is 0 Å². The van der Waals surface area contributed by atoms with Gasteiger partial charge in [0.05, 0.1) is 6.61 Å². The Labute approximate surface area is 120 Å². The Bertz CT molecular complexity index is 415. The Morgan fingerprint density at radius 2 is 2.10 bits per heavy atom. The lowest BCUT2D eigenvalue weighted by molar-refractivity contribution is -0.156. The molecule has 2 heterocycles. The largest absolute Gasteiger partial charge is 0.381 e. The summed E-state index contributed by atoms with van der Waals surface area (Å²) < 4.78 is 5.49. The Morgan fingerprint density at radius 3 is 2.70 bits per heavy atom. The minimum atomic E-state index is -0.681. The zero-order valence-electron chi connectivity index (χ0n) is 12.4. The van der Waals surface area contributed by atoms with Crippen molar-refractivity contribution in [2.45, 2.75) is 51.1 Å². The lowest BCUT2D eigenvalue weighted by Gasteiger charge is -2.45. The molecule has 5 nitrogen and oxygen atoms in total. The van der Waals surface area contributed by atoms with Crippen LogP contribution in [0.5, 0.6) is 0 Å². The highest BCUT2D eigenvalue weighted by Crippen LogP contribution is 2.42. The molecule has 2 saturated heterocycles. The van der Waals surface area contributed by atoms with Crippen LogP contribution in [0.3, 0.4) is 0 Å². The molecule has 3 rings (SSSR count). The van der Waals surface area contributed by atoms with Crippen LogP contribution in [0.2, 0.25) is 0 Å². The van der Waals surface area contributed by atoms with E-state index in [1.54, 1.807) is 4.90 Å². The number of nitrogens with zero attached hydrogens (tertiary/aromatic N) is 1. The third-order valence-electron chi connectivity index (χ3n) is 5.04. The first-order valence-electron chi connectivity index (χ1n) is 7.73. The Morgan fingerprint density at radius 1 is 1.35 bits per heavy atom. The highest BCUT2D eigenvalue weighted by atomic mass is 16.5. The standard InChI is InChI=1S/C15H24N2O3/c1-10-13(18)16-15(2,12-5-6-12)14(19)17(10)8-11-4-3-7-20-9-11/h10-12H,3-9H2,1-2H3,(H,16,18). The van der Waals surface area contributed by atoms with E-state index in [-0.39, 0.29) is 17.9 Å². The lowest BCUT2D eigenvalue weighted by atomic mass is 9.88. The molecule has 3 fully saturated rings. The third kappa shape index (κ3) is 2.32. The second kappa shape index (κ2) is 5.02. The molecule has 0 aromatic heterocycles. The maximum atomic E-state index is 12.8. The molecule has 112 valence electrons. The molecule has 0 radical (unpaired) electrons. The van der Waals surface area contributed by atoms with Gasteiger partial charge < -0.3 is 15.0 Å². The van der Waals surface area contributed by atoms with E-state index >= 15 is 0 Å². The number of hydrogen-bond donors (Lipinski definition) is 1. The van der Waals surface area contributed by atoms with Crippen molar-refractivity contribution in [3.8, 4) is 0 Å². The zero-order valence-corrected chi connectivity index (χ0v) is 12.4. The van der Waals surface area contributed by atoms with Crippen LogP contribution in [-0.2, 0) is 14.3 Å². The normalized spacial score (nSPS) is 38.8. The molecular formula is C15H24N2O3. The summed E-state index contributed by atoms with van der Waals surface area (Å²) in [4.78, 5) is 26.8. The topological polar surface area (TPSA) is 58.6 Å². The van der Waals surface area contributed by atoms with Crippen molar-refractivity contribution in [2.24, 2.45) is 11.8 Å². The van der Waals surface area contributed by atoms with Crippen molar-refractivity contribution in [2.75, 3.05) is 19.8 Å². The molecular weight excluding hydrogens is 256 g/mol. The van der Waals surface area contributed by atoms with Crippen LogP contribution < -0.4 is 5.32 Å². The second-order valence-corrected chi connectivity index (χ2v) is 6.68.